The average molecular weight is 448 g/mol. The first kappa shape index (κ1) is 22.9. The summed E-state index contributed by atoms with van der Waals surface area (Å²) in [7, 11) is 0. The number of benzene rings is 2. The summed E-state index contributed by atoms with van der Waals surface area (Å²) in [4.78, 5) is 33.7. The van der Waals surface area contributed by atoms with E-state index >= 15 is 0 Å². The lowest BCUT2D eigenvalue weighted by molar-refractivity contribution is -0.385. The molecule has 1 N–H and O–H groups in total. The fourth-order valence-electron chi connectivity index (χ4n) is 2.49. The fourth-order valence-corrected chi connectivity index (χ4v) is 2.71. The molecule has 0 saturated carbocycles. The Kier molecular flexibility index (Phi) is 6.88. The van der Waals surface area contributed by atoms with Crippen LogP contribution in [-0.2, 0) is 22.1 Å². The lowest BCUT2D eigenvalue weighted by Crippen LogP contribution is -2.12. The molecule has 0 heterocycles. The number of hydrogen-bond acceptors (Lipinski definition) is 6. The van der Waals surface area contributed by atoms with Crippen LogP contribution in [-0.4, -0.2) is 28.6 Å². The van der Waals surface area contributed by atoms with Crippen molar-refractivity contribution in [2.45, 2.75) is 19.5 Å². The molecule has 2 aromatic rings. The second kappa shape index (κ2) is 8.99. The highest BCUT2D eigenvalue weighted by molar-refractivity contribution is 6.32. The van der Waals surface area contributed by atoms with Crippen molar-refractivity contribution < 1.29 is 42.3 Å². The first-order chi connectivity index (χ1) is 13.9. The van der Waals surface area contributed by atoms with Gasteiger partial charge >= 0.3 is 18.1 Å². The molecular weight excluding hydrogens is 435 g/mol. The Balaban J connectivity index is 2.53. The van der Waals surface area contributed by atoms with Crippen molar-refractivity contribution in [2.75, 3.05) is 6.61 Å². The third-order valence-electron chi connectivity index (χ3n) is 3.70. The van der Waals surface area contributed by atoms with Gasteiger partial charge in [-0.25, -0.2) is 4.79 Å². The molecule has 2 aromatic carbocycles. The van der Waals surface area contributed by atoms with Crippen LogP contribution >= 0.6 is 11.6 Å². The van der Waals surface area contributed by atoms with E-state index in [1.54, 1.807) is 0 Å². The lowest BCUT2D eigenvalue weighted by Gasteiger charge is -2.13. The minimum atomic E-state index is -4.64. The quantitative estimate of drug-likeness (QED) is 0.366. The predicted octanol–water partition coefficient (Wildman–Crippen LogP) is 4.86. The van der Waals surface area contributed by atoms with Gasteiger partial charge in [-0.15, -0.1) is 0 Å². The van der Waals surface area contributed by atoms with Crippen molar-refractivity contribution in [3.8, 4) is 11.5 Å². The largest absolute Gasteiger partial charge is 0.477 e. The van der Waals surface area contributed by atoms with Crippen molar-refractivity contribution in [3.05, 3.63) is 62.2 Å². The molecule has 0 unspecified atom stereocenters. The molecule has 0 radical (unpaired) electrons. The molecule has 0 spiro atoms. The fraction of sp³-hybridized carbons (Fsp3) is 0.222. The van der Waals surface area contributed by atoms with Gasteiger partial charge in [0.05, 0.1) is 28.5 Å². The maximum Gasteiger partial charge on any atom is 0.416 e. The average Bonchev–Trinajstić information content (AvgIpc) is 2.61. The first-order valence-corrected chi connectivity index (χ1v) is 8.56. The predicted molar refractivity (Wildman–Crippen MR) is 96.9 cm³/mol. The molecular formula is C18H13ClF3NO7. The molecule has 0 bridgehead atoms. The smallest absolute Gasteiger partial charge is 0.416 e. The Morgan fingerprint density at radius 3 is 2.40 bits per heavy atom. The van der Waals surface area contributed by atoms with E-state index in [4.69, 9.17) is 21.1 Å². The minimum Gasteiger partial charge on any atom is -0.477 e. The maximum atomic E-state index is 12.8. The van der Waals surface area contributed by atoms with Crippen LogP contribution in [0.15, 0.2) is 30.3 Å². The van der Waals surface area contributed by atoms with Crippen molar-refractivity contribution in [1.82, 2.24) is 0 Å². The third kappa shape index (κ3) is 5.38. The van der Waals surface area contributed by atoms with Gasteiger partial charge in [-0.2, -0.15) is 13.2 Å². The third-order valence-corrected chi connectivity index (χ3v) is 4.00. The molecule has 30 heavy (non-hydrogen) atoms. The van der Waals surface area contributed by atoms with Gasteiger partial charge in [-0.1, -0.05) is 11.6 Å². The van der Waals surface area contributed by atoms with E-state index in [2.05, 4.69) is 0 Å². The van der Waals surface area contributed by atoms with Gasteiger partial charge in [0, 0.05) is 11.6 Å². The molecule has 0 fully saturated rings. The van der Waals surface area contributed by atoms with Crippen LogP contribution in [0.2, 0.25) is 5.02 Å². The number of ether oxygens (including phenoxy) is 2. The highest BCUT2D eigenvalue weighted by atomic mass is 35.5. The van der Waals surface area contributed by atoms with Crippen molar-refractivity contribution in [1.29, 1.82) is 0 Å². The molecule has 2 rings (SSSR count). The monoisotopic (exact) mass is 447 g/mol. The minimum absolute atomic E-state index is 0.00420. The van der Waals surface area contributed by atoms with Gasteiger partial charge in [0.2, 0.25) is 0 Å². The van der Waals surface area contributed by atoms with Crippen LogP contribution in [0, 0.1) is 10.1 Å². The molecule has 0 saturated heterocycles. The number of aromatic carboxylic acids is 1. The molecule has 0 aromatic heterocycles. The second-order valence-electron chi connectivity index (χ2n) is 5.77. The summed E-state index contributed by atoms with van der Waals surface area (Å²) < 4.78 is 48.3. The van der Waals surface area contributed by atoms with E-state index in [0.717, 1.165) is 18.2 Å². The molecule has 8 nitrogen and oxygen atoms in total. The highest BCUT2D eigenvalue weighted by Gasteiger charge is 2.31. The van der Waals surface area contributed by atoms with Crippen molar-refractivity contribution in [2.24, 2.45) is 0 Å². The Morgan fingerprint density at radius 1 is 1.23 bits per heavy atom. The van der Waals surface area contributed by atoms with Crippen LogP contribution in [0.4, 0.5) is 18.9 Å². The topological polar surface area (TPSA) is 116 Å². The van der Waals surface area contributed by atoms with E-state index in [1.807, 2.05) is 0 Å². The molecule has 0 aliphatic carbocycles. The van der Waals surface area contributed by atoms with E-state index in [0.29, 0.717) is 12.1 Å². The molecule has 0 atom stereocenters. The SMILES string of the molecule is CCOC(=O)Cc1cc(Oc2ccc(C(F)(F)F)cc2Cl)cc(C(=O)O)c1[N+](=O)[O-]. The van der Waals surface area contributed by atoms with Crippen LogP contribution in [0.1, 0.15) is 28.4 Å². The summed E-state index contributed by atoms with van der Waals surface area (Å²) in [5.41, 5.74) is -2.95. The van der Waals surface area contributed by atoms with E-state index in [-0.39, 0.29) is 23.7 Å². The zero-order valence-corrected chi connectivity index (χ0v) is 15.9. The number of rotatable bonds is 7. The Labute approximate surface area is 171 Å². The van der Waals surface area contributed by atoms with Crippen LogP contribution in [0.25, 0.3) is 0 Å². The van der Waals surface area contributed by atoms with Gasteiger partial charge in [0.25, 0.3) is 5.69 Å². The number of carbonyl (C=O) groups is 2. The maximum absolute atomic E-state index is 12.8. The standard InChI is InChI=1S/C18H13ClF3NO7/c1-2-29-15(24)6-9-5-11(8-12(17(25)26)16(9)23(27)28)30-14-4-3-10(7-13(14)19)18(20,21)22/h3-5,7-8H,2,6H2,1H3,(H,25,26). The highest BCUT2D eigenvalue weighted by Crippen LogP contribution is 2.38. The normalized spacial score (nSPS) is 11.1. The number of esters is 1. The van der Waals surface area contributed by atoms with Crippen LogP contribution in [0.3, 0.4) is 0 Å². The number of hydrogen-bond donors (Lipinski definition) is 1. The van der Waals surface area contributed by atoms with Gasteiger partial charge in [-0.3, -0.25) is 14.9 Å². The molecule has 0 aliphatic heterocycles. The van der Waals surface area contributed by atoms with Gasteiger partial charge in [0.15, 0.2) is 0 Å². The van der Waals surface area contributed by atoms with E-state index in [1.165, 1.54) is 6.92 Å². The second-order valence-corrected chi connectivity index (χ2v) is 6.17. The van der Waals surface area contributed by atoms with Crippen molar-refractivity contribution >= 4 is 29.2 Å². The number of alkyl halides is 3. The Bertz CT molecular complexity index is 1010. The summed E-state index contributed by atoms with van der Waals surface area (Å²) >= 11 is 5.81. The van der Waals surface area contributed by atoms with Crippen molar-refractivity contribution in [3.63, 3.8) is 0 Å². The summed E-state index contributed by atoms with van der Waals surface area (Å²) in [5.74, 6) is -3.05. The molecule has 0 aliphatic rings. The summed E-state index contributed by atoms with van der Waals surface area (Å²) in [6, 6.07) is 4.06. The zero-order chi connectivity index (χ0) is 22.6. The Hall–Kier alpha value is -3.34. The number of nitro benzene ring substituents is 1. The summed E-state index contributed by atoms with van der Waals surface area (Å²) in [5, 5.41) is 20.3. The lowest BCUT2D eigenvalue weighted by atomic mass is 10.0. The van der Waals surface area contributed by atoms with E-state index < -0.39 is 51.3 Å². The number of carboxylic acid groups (broad SMARTS) is 1. The Morgan fingerprint density at radius 2 is 1.90 bits per heavy atom. The first-order valence-electron chi connectivity index (χ1n) is 8.18. The zero-order valence-electron chi connectivity index (χ0n) is 15.2. The van der Waals surface area contributed by atoms with Gasteiger partial charge in [0.1, 0.15) is 17.1 Å². The number of halogens is 4. The van der Waals surface area contributed by atoms with Crippen LogP contribution in [0.5, 0.6) is 11.5 Å². The number of nitrogens with zero attached hydrogens (tertiary/aromatic N) is 1. The molecule has 160 valence electrons. The van der Waals surface area contributed by atoms with E-state index in [9.17, 15) is 38.0 Å². The summed E-state index contributed by atoms with van der Waals surface area (Å²) in [6.45, 7) is 1.51. The van der Waals surface area contributed by atoms with Gasteiger partial charge in [-0.05, 0) is 31.2 Å². The molecule has 0 amide bonds. The number of nitro groups is 1. The number of carbonyl (C=O) groups excluding carboxylic acids is 1. The molecule has 12 heteroatoms. The number of carboxylic acids is 1. The van der Waals surface area contributed by atoms with Crippen LogP contribution < -0.4 is 4.74 Å². The van der Waals surface area contributed by atoms with Gasteiger partial charge < -0.3 is 14.6 Å². The summed E-state index contributed by atoms with van der Waals surface area (Å²) in [6.07, 6.45) is -5.26.